The summed E-state index contributed by atoms with van der Waals surface area (Å²) < 4.78 is 5.45. The molecule has 0 fully saturated rings. The minimum Gasteiger partial charge on any atom is -0.469 e. The van der Waals surface area contributed by atoms with Gasteiger partial charge < -0.3 is 9.73 Å². The van der Waals surface area contributed by atoms with Gasteiger partial charge in [-0.05, 0) is 12.1 Å². The fourth-order valence-corrected chi connectivity index (χ4v) is 3.16. The Kier molecular flexibility index (Phi) is 2.31. The fourth-order valence-electron chi connectivity index (χ4n) is 1.98. The summed E-state index contributed by atoms with van der Waals surface area (Å²) in [5.74, 6) is 1.10. The molecule has 1 unspecified atom stereocenters. The molecule has 4 heteroatoms. The summed E-state index contributed by atoms with van der Waals surface area (Å²) in [5.41, 5.74) is 1.25. The van der Waals surface area contributed by atoms with Crippen molar-refractivity contribution in [3.63, 3.8) is 0 Å². The standard InChI is InChI=1S/C11H10ClNOS/c12-7-5-10(15-6-7)11-8-2-4-14-9(8)1-3-13-11/h2,4-6,11,13H,1,3H2. The van der Waals surface area contributed by atoms with Crippen molar-refractivity contribution < 1.29 is 4.42 Å². The number of hydrogen-bond acceptors (Lipinski definition) is 3. The molecule has 78 valence electrons. The lowest BCUT2D eigenvalue weighted by Crippen LogP contribution is -2.28. The topological polar surface area (TPSA) is 25.2 Å². The number of furan rings is 1. The Labute approximate surface area is 96.9 Å². The lowest BCUT2D eigenvalue weighted by atomic mass is 10.0. The Morgan fingerprint density at radius 1 is 1.53 bits per heavy atom. The predicted octanol–water partition coefficient (Wildman–Crippen LogP) is 3.23. The van der Waals surface area contributed by atoms with Crippen LogP contribution in [0.25, 0.3) is 0 Å². The second kappa shape index (κ2) is 3.67. The molecule has 0 radical (unpaired) electrons. The molecule has 0 saturated heterocycles. The molecule has 0 spiro atoms. The fraction of sp³-hybridized carbons (Fsp3) is 0.273. The summed E-state index contributed by atoms with van der Waals surface area (Å²) in [6, 6.07) is 4.32. The Hall–Kier alpha value is -0.770. The van der Waals surface area contributed by atoms with E-state index in [0.717, 1.165) is 23.7 Å². The second-order valence-electron chi connectivity index (χ2n) is 3.60. The molecule has 15 heavy (non-hydrogen) atoms. The first-order chi connectivity index (χ1) is 7.34. The quantitative estimate of drug-likeness (QED) is 0.827. The summed E-state index contributed by atoms with van der Waals surface area (Å²) in [4.78, 5) is 1.25. The van der Waals surface area contributed by atoms with Crippen molar-refractivity contribution in [2.45, 2.75) is 12.5 Å². The van der Waals surface area contributed by atoms with Crippen LogP contribution in [0.4, 0.5) is 0 Å². The largest absolute Gasteiger partial charge is 0.469 e. The summed E-state index contributed by atoms with van der Waals surface area (Å²) in [5, 5.41) is 6.26. The van der Waals surface area contributed by atoms with Crippen LogP contribution in [0.1, 0.15) is 22.2 Å². The molecule has 1 aliphatic rings. The van der Waals surface area contributed by atoms with Gasteiger partial charge in [0.05, 0.1) is 17.3 Å². The summed E-state index contributed by atoms with van der Waals surface area (Å²) in [6.07, 6.45) is 2.73. The molecule has 0 aliphatic carbocycles. The predicted molar refractivity (Wildman–Crippen MR) is 61.6 cm³/mol. The first kappa shape index (κ1) is 9.46. The Bertz CT molecular complexity index is 476. The molecule has 1 aliphatic heterocycles. The van der Waals surface area contributed by atoms with E-state index in [2.05, 4.69) is 5.32 Å². The average molecular weight is 240 g/mol. The molecule has 2 aromatic heterocycles. The van der Waals surface area contributed by atoms with Gasteiger partial charge in [-0.15, -0.1) is 11.3 Å². The maximum atomic E-state index is 5.94. The highest BCUT2D eigenvalue weighted by Crippen LogP contribution is 2.33. The Morgan fingerprint density at radius 3 is 3.27 bits per heavy atom. The van der Waals surface area contributed by atoms with Crippen LogP contribution in [0.2, 0.25) is 5.02 Å². The molecular formula is C11H10ClNOS. The van der Waals surface area contributed by atoms with Crippen LogP contribution in [0.3, 0.4) is 0 Å². The van der Waals surface area contributed by atoms with E-state index in [-0.39, 0.29) is 6.04 Å². The van der Waals surface area contributed by atoms with Crippen molar-refractivity contribution in [2.75, 3.05) is 6.54 Å². The van der Waals surface area contributed by atoms with Gasteiger partial charge in [0.2, 0.25) is 0 Å². The molecule has 2 aromatic rings. The van der Waals surface area contributed by atoms with Gasteiger partial charge in [0.25, 0.3) is 0 Å². The molecule has 3 heterocycles. The third-order valence-electron chi connectivity index (χ3n) is 2.66. The van der Waals surface area contributed by atoms with E-state index < -0.39 is 0 Å². The third kappa shape index (κ3) is 1.61. The molecular weight excluding hydrogens is 230 g/mol. The van der Waals surface area contributed by atoms with Crippen LogP contribution in [0, 0.1) is 0 Å². The highest BCUT2D eigenvalue weighted by Gasteiger charge is 2.24. The summed E-state index contributed by atoms with van der Waals surface area (Å²) in [7, 11) is 0. The van der Waals surface area contributed by atoms with Gasteiger partial charge >= 0.3 is 0 Å². The number of fused-ring (bicyclic) bond motifs is 1. The number of thiophene rings is 1. The van der Waals surface area contributed by atoms with Gasteiger partial charge in [-0.3, -0.25) is 0 Å². The second-order valence-corrected chi connectivity index (χ2v) is 4.98. The highest BCUT2D eigenvalue weighted by atomic mass is 35.5. The summed E-state index contributed by atoms with van der Waals surface area (Å²) in [6.45, 7) is 0.959. The van der Waals surface area contributed by atoms with E-state index in [4.69, 9.17) is 16.0 Å². The minimum atomic E-state index is 0.255. The molecule has 0 amide bonds. The molecule has 0 bridgehead atoms. The molecule has 2 nitrogen and oxygen atoms in total. The number of nitrogens with one attached hydrogen (secondary N) is 1. The maximum Gasteiger partial charge on any atom is 0.110 e. The Balaban J connectivity index is 2.02. The zero-order valence-corrected chi connectivity index (χ0v) is 9.57. The van der Waals surface area contributed by atoms with Crippen molar-refractivity contribution in [1.29, 1.82) is 0 Å². The average Bonchev–Trinajstić information content (AvgIpc) is 2.84. The van der Waals surface area contributed by atoms with Crippen LogP contribution in [-0.2, 0) is 6.42 Å². The minimum absolute atomic E-state index is 0.255. The van der Waals surface area contributed by atoms with Crippen molar-refractivity contribution in [2.24, 2.45) is 0 Å². The van der Waals surface area contributed by atoms with Gasteiger partial charge in [0.1, 0.15) is 5.76 Å². The lowest BCUT2D eigenvalue weighted by molar-refractivity contribution is 0.458. The number of hydrogen-bond donors (Lipinski definition) is 1. The van der Waals surface area contributed by atoms with Gasteiger partial charge in [0, 0.05) is 28.8 Å². The van der Waals surface area contributed by atoms with Gasteiger partial charge in [0.15, 0.2) is 0 Å². The van der Waals surface area contributed by atoms with E-state index >= 15 is 0 Å². The van der Waals surface area contributed by atoms with Crippen LogP contribution in [-0.4, -0.2) is 6.54 Å². The molecule has 1 N–H and O–H groups in total. The van der Waals surface area contributed by atoms with Crippen molar-refractivity contribution in [3.8, 4) is 0 Å². The number of halogens is 1. The molecule has 0 saturated carbocycles. The lowest BCUT2D eigenvalue weighted by Gasteiger charge is -2.22. The SMILES string of the molecule is Clc1csc(C2NCCc3occc32)c1. The molecule has 0 aromatic carbocycles. The number of rotatable bonds is 1. The van der Waals surface area contributed by atoms with E-state index in [1.165, 1.54) is 10.4 Å². The normalized spacial score (nSPS) is 20.2. The van der Waals surface area contributed by atoms with Crippen molar-refractivity contribution in [1.82, 2.24) is 5.32 Å². The van der Waals surface area contributed by atoms with E-state index in [0.29, 0.717) is 0 Å². The maximum absolute atomic E-state index is 5.94. The van der Waals surface area contributed by atoms with Crippen LogP contribution >= 0.6 is 22.9 Å². The van der Waals surface area contributed by atoms with E-state index in [9.17, 15) is 0 Å². The monoisotopic (exact) mass is 239 g/mol. The first-order valence-corrected chi connectivity index (χ1v) is 6.14. The van der Waals surface area contributed by atoms with E-state index in [1.54, 1.807) is 17.6 Å². The van der Waals surface area contributed by atoms with Gasteiger partial charge in [-0.2, -0.15) is 0 Å². The summed E-state index contributed by atoms with van der Waals surface area (Å²) >= 11 is 7.63. The molecule has 3 rings (SSSR count). The van der Waals surface area contributed by atoms with Crippen LogP contribution < -0.4 is 5.32 Å². The van der Waals surface area contributed by atoms with Crippen LogP contribution in [0.15, 0.2) is 28.2 Å². The van der Waals surface area contributed by atoms with Gasteiger partial charge in [-0.1, -0.05) is 11.6 Å². The molecule has 1 atom stereocenters. The van der Waals surface area contributed by atoms with Crippen molar-refractivity contribution >= 4 is 22.9 Å². The van der Waals surface area contributed by atoms with Crippen molar-refractivity contribution in [3.05, 3.63) is 45.0 Å². The third-order valence-corrected chi connectivity index (χ3v) is 4.01. The zero-order chi connectivity index (χ0) is 10.3. The Morgan fingerprint density at radius 2 is 2.47 bits per heavy atom. The smallest absolute Gasteiger partial charge is 0.110 e. The van der Waals surface area contributed by atoms with Gasteiger partial charge in [-0.25, -0.2) is 0 Å². The highest BCUT2D eigenvalue weighted by molar-refractivity contribution is 7.10. The van der Waals surface area contributed by atoms with E-state index in [1.807, 2.05) is 17.5 Å². The zero-order valence-electron chi connectivity index (χ0n) is 8.00. The van der Waals surface area contributed by atoms with Crippen LogP contribution in [0.5, 0.6) is 0 Å². The first-order valence-electron chi connectivity index (χ1n) is 4.88.